The predicted molar refractivity (Wildman–Crippen MR) is 110 cm³/mol. The van der Waals surface area contributed by atoms with E-state index in [4.69, 9.17) is 4.74 Å². The Morgan fingerprint density at radius 1 is 1.26 bits per heavy atom. The Morgan fingerprint density at radius 3 is 2.74 bits per heavy atom. The van der Waals surface area contributed by atoms with Crippen LogP contribution in [0.1, 0.15) is 24.8 Å². The zero-order valence-corrected chi connectivity index (χ0v) is 16.6. The quantitative estimate of drug-likeness (QED) is 0.734. The first-order valence-electron chi connectivity index (χ1n) is 9.46. The van der Waals surface area contributed by atoms with Crippen molar-refractivity contribution >= 4 is 35.8 Å². The fraction of sp³-hybridized carbons (Fsp3) is 0.500. The molecule has 1 fully saturated rings. The van der Waals surface area contributed by atoms with E-state index >= 15 is 0 Å². The van der Waals surface area contributed by atoms with Crippen LogP contribution >= 0.6 is 12.6 Å². The molecule has 27 heavy (non-hydrogen) atoms. The number of hydrogen-bond donors (Lipinski definition) is 2. The number of morpholine rings is 1. The molecule has 6 nitrogen and oxygen atoms in total. The average molecular weight is 390 g/mol. The molecule has 2 amide bonds. The van der Waals surface area contributed by atoms with Crippen molar-refractivity contribution in [3.05, 3.63) is 35.5 Å². The summed E-state index contributed by atoms with van der Waals surface area (Å²) in [4.78, 5) is 28.9. The molecule has 7 heteroatoms. The fourth-order valence-corrected chi connectivity index (χ4v) is 3.61. The van der Waals surface area contributed by atoms with Gasteiger partial charge in [0.25, 0.3) is 5.91 Å². The fourth-order valence-electron chi connectivity index (χ4n) is 3.46. The summed E-state index contributed by atoms with van der Waals surface area (Å²) in [6, 6.07) is 5.71. The van der Waals surface area contributed by atoms with Gasteiger partial charge in [-0.2, -0.15) is 12.6 Å². The highest BCUT2D eigenvalue weighted by molar-refractivity contribution is 7.80. The predicted octanol–water partition coefficient (Wildman–Crippen LogP) is 2.60. The number of carbonyl (C=O) groups excluding carboxylic acids is 2. The second-order valence-corrected chi connectivity index (χ2v) is 7.26. The van der Waals surface area contributed by atoms with Crippen LogP contribution in [-0.2, 0) is 14.3 Å². The monoisotopic (exact) mass is 389 g/mol. The number of anilines is 2. The Morgan fingerprint density at radius 2 is 2.04 bits per heavy atom. The van der Waals surface area contributed by atoms with Gasteiger partial charge in [0.1, 0.15) is 0 Å². The van der Waals surface area contributed by atoms with Gasteiger partial charge in [-0.1, -0.05) is 6.08 Å². The number of nitrogens with zero attached hydrogens (tertiary/aromatic N) is 2. The molecule has 2 aliphatic heterocycles. The normalized spacial score (nSPS) is 17.7. The summed E-state index contributed by atoms with van der Waals surface area (Å²) < 4.78 is 5.39. The maximum Gasteiger partial charge on any atom is 0.274 e. The van der Waals surface area contributed by atoms with Crippen LogP contribution in [0.2, 0.25) is 0 Å². The lowest BCUT2D eigenvalue weighted by Gasteiger charge is -2.36. The first kappa shape index (κ1) is 19.8. The van der Waals surface area contributed by atoms with Crippen LogP contribution in [0.5, 0.6) is 0 Å². The first-order chi connectivity index (χ1) is 13.1. The van der Waals surface area contributed by atoms with E-state index in [1.54, 1.807) is 0 Å². The minimum Gasteiger partial charge on any atom is -0.378 e. The van der Waals surface area contributed by atoms with Crippen molar-refractivity contribution in [3.8, 4) is 0 Å². The Bertz CT molecular complexity index is 729. The zero-order valence-electron chi connectivity index (χ0n) is 15.7. The van der Waals surface area contributed by atoms with Crippen molar-refractivity contribution < 1.29 is 14.3 Å². The highest BCUT2D eigenvalue weighted by Crippen LogP contribution is 2.28. The summed E-state index contributed by atoms with van der Waals surface area (Å²) in [5.41, 5.74) is 3.40. The lowest BCUT2D eigenvalue weighted by Crippen LogP contribution is -2.45. The molecule has 0 spiro atoms. The molecule has 0 bridgehead atoms. The van der Waals surface area contributed by atoms with Crippen LogP contribution in [0.4, 0.5) is 11.4 Å². The SMILES string of the molecule is Cc1cc(NC(=O)CCCS)ccc1N1CCC=C(N2CCOCC2)C1=O. The summed E-state index contributed by atoms with van der Waals surface area (Å²) in [5, 5.41) is 2.91. The number of hydrogen-bond acceptors (Lipinski definition) is 5. The highest BCUT2D eigenvalue weighted by Gasteiger charge is 2.28. The van der Waals surface area contributed by atoms with Crippen LogP contribution in [0.3, 0.4) is 0 Å². The minimum atomic E-state index is -0.0113. The second-order valence-electron chi connectivity index (χ2n) is 6.81. The van der Waals surface area contributed by atoms with Crippen molar-refractivity contribution in [3.63, 3.8) is 0 Å². The standard InChI is InChI=1S/C20H27N3O3S/c1-15-14-16(21-19(24)5-3-13-27)6-7-17(15)23-8-2-4-18(20(23)25)22-9-11-26-12-10-22/h4,6-7,14,27H,2-3,5,8-13H2,1H3,(H,21,24). The Labute approximate surface area is 166 Å². The molecule has 2 aliphatic rings. The summed E-state index contributed by atoms with van der Waals surface area (Å²) in [5.74, 6) is 0.723. The van der Waals surface area contributed by atoms with Gasteiger partial charge in [0, 0.05) is 37.4 Å². The number of aryl methyl sites for hydroxylation is 1. The van der Waals surface area contributed by atoms with E-state index in [0.29, 0.717) is 31.9 Å². The molecule has 0 saturated carbocycles. The lowest BCUT2D eigenvalue weighted by atomic mass is 10.1. The van der Waals surface area contributed by atoms with E-state index in [-0.39, 0.29) is 11.8 Å². The Kier molecular flexibility index (Phi) is 6.79. The van der Waals surface area contributed by atoms with Gasteiger partial charge < -0.3 is 19.9 Å². The Balaban J connectivity index is 1.71. The maximum absolute atomic E-state index is 13.1. The average Bonchev–Trinajstić information content (AvgIpc) is 2.68. The molecule has 146 valence electrons. The molecular weight excluding hydrogens is 362 g/mol. The van der Waals surface area contributed by atoms with Gasteiger partial charge in [-0.05, 0) is 49.3 Å². The summed E-state index contributed by atoms with van der Waals surface area (Å²) >= 11 is 4.13. The molecular formula is C20H27N3O3S. The number of ether oxygens (including phenoxy) is 1. The Hall–Kier alpha value is -1.99. The molecule has 2 heterocycles. The van der Waals surface area contributed by atoms with Crippen molar-refractivity contribution in [1.29, 1.82) is 0 Å². The van der Waals surface area contributed by atoms with Gasteiger partial charge in [0.15, 0.2) is 0 Å². The molecule has 0 unspecified atom stereocenters. The molecule has 0 aromatic heterocycles. The van der Waals surface area contributed by atoms with Crippen molar-refractivity contribution in [2.24, 2.45) is 0 Å². The summed E-state index contributed by atoms with van der Waals surface area (Å²) in [6.07, 6.45) is 4.09. The van der Waals surface area contributed by atoms with E-state index < -0.39 is 0 Å². The lowest BCUT2D eigenvalue weighted by molar-refractivity contribution is -0.118. The van der Waals surface area contributed by atoms with Gasteiger partial charge in [0.05, 0.1) is 18.9 Å². The van der Waals surface area contributed by atoms with E-state index in [9.17, 15) is 9.59 Å². The van der Waals surface area contributed by atoms with Crippen molar-refractivity contribution in [2.45, 2.75) is 26.2 Å². The smallest absolute Gasteiger partial charge is 0.274 e. The van der Waals surface area contributed by atoms with Crippen LogP contribution in [-0.4, -0.2) is 55.3 Å². The number of benzene rings is 1. The maximum atomic E-state index is 13.1. The second kappa shape index (κ2) is 9.28. The van der Waals surface area contributed by atoms with E-state index in [1.807, 2.05) is 36.1 Å². The molecule has 0 radical (unpaired) electrons. The van der Waals surface area contributed by atoms with E-state index in [1.165, 1.54) is 0 Å². The van der Waals surface area contributed by atoms with Gasteiger partial charge in [-0.15, -0.1) is 0 Å². The van der Waals surface area contributed by atoms with Gasteiger partial charge >= 0.3 is 0 Å². The zero-order chi connectivity index (χ0) is 19.2. The molecule has 0 aliphatic carbocycles. The number of amides is 2. The largest absolute Gasteiger partial charge is 0.378 e. The molecule has 1 saturated heterocycles. The van der Waals surface area contributed by atoms with E-state index in [2.05, 4.69) is 22.8 Å². The first-order valence-corrected chi connectivity index (χ1v) is 10.1. The highest BCUT2D eigenvalue weighted by atomic mass is 32.1. The molecule has 1 aromatic rings. The van der Waals surface area contributed by atoms with Crippen molar-refractivity contribution in [2.75, 3.05) is 48.8 Å². The third-order valence-corrected chi connectivity index (χ3v) is 5.16. The third kappa shape index (κ3) is 4.84. The third-order valence-electron chi connectivity index (χ3n) is 4.84. The van der Waals surface area contributed by atoms with Gasteiger partial charge in [0.2, 0.25) is 5.91 Å². The molecule has 1 N–H and O–H groups in total. The van der Waals surface area contributed by atoms with Crippen LogP contribution in [0, 0.1) is 6.92 Å². The van der Waals surface area contributed by atoms with Gasteiger partial charge in [-0.25, -0.2) is 0 Å². The van der Waals surface area contributed by atoms with Crippen LogP contribution in [0.15, 0.2) is 30.0 Å². The van der Waals surface area contributed by atoms with Gasteiger partial charge in [-0.3, -0.25) is 9.59 Å². The summed E-state index contributed by atoms with van der Waals surface area (Å²) in [7, 11) is 0. The minimum absolute atomic E-state index is 0.0113. The molecule has 1 aromatic carbocycles. The molecule has 0 atom stereocenters. The van der Waals surface area contributed by atoms with Crippen molar-refractivity contribution in [1.82, 2.24) is 4.90 Å². The summed E-state index contributed by atoms with van der Waals surface area (Å²) in [6.45, 7) is 5.46. The van der Waals surface area contributed by atoms with Crippen LogP contribution in [0.25, 0.3) is 0 Å². The number of rotatable bonds is 6. The van der Waals surface area contributed by atoms with Crippen LogP contribution < -0.4 is 10.2 Å². The number of nitrogens with one attached hydrogen (secondary N) is 1. The number of thiol groups is 1. The molecule has 3 rings (SSSR count). The topological polar surface area (TPSA) is 61.9 Å². The van der Waals surface area contributed by atoms with E-state index in [0.717, 1.165) is 48.6 Å². The number of carbonyl (C=O) groups is 2.